The van der Waals surface area contributed by atoms with Gasteiger partial charge in [0.15, 0.2) is 0 Å². The summed E-state index contributed by atoms with van der Waals surface area (Å²) in [6.45, 7) is 1.52. The zero-order chi connectivity index (χ0) is 11.7. The third-order valence-electron chi connectivity index (χ3n) is 2.58. The summed E-state index contributed by atoms with van der Waals surface area (Å²) in [5.74, 6) is 0.609. The molecular weight excluding hydrogens is 205 g/mol. The lowest BCUT2D eigenvalue weighted by atomic mass is 10.1. The van der Waals surface area contributed by atoms with E-state index < -0.39 is 6.17 Å². The Kier molecular flexibility index (Phi) is 2.64. The zero-order valence-electron chi connectivity index (χ0n) is 9.31. The van der Waals surface area contributed by atoms with Crippen molar-refractivity contribution in [2.75, 3.05) is 5.73 Å². The first-order valence-corrected chi connectivity index (χ1v) is 5.12. The van der Waals surface area contributed by atoms with Crippen molar-refractivity contribution in [2.45, 2.75) is 13.1 Å². The molecule has 4 heteroatoms. The number of alkyl halides is 1. The Morgan fingerprint density at radius 3 is 2.38 bits per heavy atom. The van der Waals surface area contributed by atoms with Crippen LogP contribution in [0.5, 0.6) is 0 Å². The predicted molar refractivity (Wildman–Crippen MR) is 62.6 cm³/mol. The average molecular weight is 219 g/mol. The molecule has 0 amide bonds. The highest BCUT2D eigenvalue weighted by atomic mass is 19.1. The normalized spacial score (nSPS) is 12.7. The smallest absolute Gasteiger partial charge is 0.122 e. The number of rotatable bonds is 2. The van der Waals surface area contributed by atoms with Crippen molar-refractivity contribution in [2.24, 2.45) is 7.05 Å². The number of nitrogen functional groups attached to an aromatic ring is 1. The number of hydrogen-bond acceptors (Lipinski definition) is 2. The zero-order valence-corrected chi connectivity index (χ0v) is 9.31. The Hall–Kier alpha value is -1.84. The van der Waals surface area contributed by atoms with E-state index in [4.69, 9.17) is 5.73 Å². The Labute approximate surface area is 93.7 Å². The quantitative estimate of drug-likeness (QED) is 0.843. The fourth-order valence-corrected chi connectivity index (χ4v) is 1.54. The van der Waals surface area contributed by atoms with E-state index in [9.17, 15) is 4.39 Å². The summed E-state index contributed by atoms with van der Waals surface area (Å²) in [6.07, 6.45) is -0.942. The molecule has 84 valence electrons. The fourth-order valence-electron chi connectivity index (χ4n) is 1.54. The first-order valence-electron chi connectivity index (χ1n) is 5.12. The number of nitrogens with zero attached hydrogens (tertiary/aromatic N) is 2. The number of halogens is 1. The number of benzene rings is 1. The van der Waals surface area contributed by atoms with E-state index in [2.05, 4.69) is 5.10 Å². The van der Waals surface area contributed by atoms with Crippen molar-refractivity contribution in [3.63, 3.8) is 0 Å². The van der Waals surface area contributed by atoms with Crippen molar-refractivity contribution in [1.82, 2.24) is 9.78 Å². The van der Waals surface area contributed by atoms with Gasteiger partial charge in [-0.25, -0.2) is 4.39 Å². The number of hydrogen-bond donors (Lipinski definition) is 1. The molecule has 0 radical (unpaired) electrons. The standard InChI is InChI=1S/C12H14FN3/c1-8(13)9-3-5-10(6-4-9)11-7-12(14)16(2)15-11/h3-8H,14H2,1-2H3. The minimum Gasteiger partial charge on any atom is -0.384 e. The maximum absolute atomic E-state index is 13.0. The van der Waals surface area contributed by atoms with Crippen LogP contribution in [0.25, 0.3) is 11.3 Å². The molecule has 0 aliphatic carbocycles. The van der Waals surface area contributed by atoms with Crippen molar-refractivity contribution >= 4 is 5.82 Å². The minimum atomic E-state index is -0.942. The van der Waals surface area contributed by atoms with Crippen LogP contribution in [0, 0.1) is 0 Å². The van der Waals surface area contributed by atoms with E-state index in [0.717, 1.165) is 11.3 Å². The molecule has 0 bridgehead atoms. The van der Waals surface area contributed by atoms with Gasteiger partial charge in [-0.15, -0.1) is 0 Å². The number of nitrogens with two attached hydrogens (primary N) is 1. The first kappa shape index (κ1) is 10.7. The molecule has 1 aromatic heterocycles. The van der Waals surface area contributed by atoms with Crippen LogP contribution in [0.1, 0.15) is 18.7 Å². The third-order valence-corrected chi connectivity index (χ3v) is 2.58. The van der Waals surface area contributed by atoms with Crippen LogP contribution in [0.4, 0.5) is 10.2 Å². The molecule has 1 aromatic carbocycles. The highest BCUT2D eigenvalue weighted by molar-refractivity contribution is 5.62. The molecule has 0 aliphatic rings. The molecule has 2 aromatic rings. The maximum Gasteiger partial charge on any atom is 0.122 e. The van der Waals surface area contributed by atoms with Crippen LogP contribution in [0.2, 0.25) is 0 Å². The molecule has 1 atom stereocenters. The van der Waals surface area contributed by atoms with Crippen LogP contribution in [-0.2, 0) is 7.05 Å². The molecule has 0 fully saturated rings. The number of aryl methyl sites for hydroxylation is 1. The van der Waals surface area contributed by atoms with E-state index in [-0.39, 0.29) is 0 Å². The monoisotopic (exact) mass is 219 g/mol. The van der Waals surface area contributed by atoms with Crippen molar-refractivity contribution in [3.8, 4) is 11.3 Å². The Morgan fingerprint density at radius 2 is 1.94 bits per heavy atom. The minimum absolute atomic E-state index is 0.609. The van der Waals surface area contributed by atoms with E-state index in [1.807, 2.05) is 12.1 Å². The summed E-state index contributed by atoms with van der Waals surface area (Å²) in [5.41, 5.74) is 8.12. The number of aromatic nitrogens is 2. The molecule has 1 heterocycles. The fraction of sp³-hybridized carbons (Fsp3) is 0.250. The van der Waals surface area contributed by atoms with Gasteiger partial charge in [-0.2, -0.15) is 5.10 Å². The van der Waals surface area contributed by atoms with Gasteiger partial charge in [0.1, 0.15) is 12.0 Å². The largest absolute Gasteiger partial charge is 0.384 e. The average Bonchev–Trinajstić information content (AvgIpc) is 2.59. The molecule has 16 heavy (non-hydrogen) atoms. The predicted octanol–water partition coefficient (Wildman–Crippen LogP) is 2.70. The first-order chi connectivity index (χ1) is 7.58. The molecule has 3 nitrogen and oxygen atoms in total. The summed E-state index contributed by atoms with van der Waals surface area (Å²) in [7, 11) is 1.79. The van der Waals surface area contributed by atoms with Gasteiger partial charge in [-0.1, -0.05) is 24.3 Å². The second-order valence-corrected chi connectivity index (χ2v) is 3.82. The summed E-state index contributed by atoms with van der Waals surface area (Å²) < 4.78 is 14.6. The highest BCUT2D eigenvalue weighted by Gasteiger charge is 2.06. The molecule has 0 aliphatic heterocycles. The van der Waals surface area contributed by atoms with E-state index in [0.29, 0.717) is 11.4 Å². The molecule has 2 rings (SSSR count). The Bertz CT molecular complexity index is 466. The van der Waals surface area contributed by atoms with E-state index in [1.165, 1.54) is 6.92 Å². The Morgan fingerprint density at radius 1 is 1.31 bits per heavy atom. The molecule has 2 N–H and O–H groups in total. The molecule has 0 saturated heterocycles. The van der Waals surface area contributed by atoms with Crippen LogP contribution in [-0.4, -0.2) is 9.78 Å². The lowest BCUT2D eigenvalue weighted by Gasteiger charge is -2.02. The molecular formula is C12H14FN3. The SMILES string of the molecule is CC(F)c1ccc(-c2cc(N)n(C)n2)cc1. The lowest BCUT2D eigenvalue weighted by molar-refractivity contribution is 0.374. The second-order valence-electron chi connectivity index (χ2n) is 3.82. The van der Waals surface area contributed by atoms with Crippen molar-refractivity contribution < 1.29 is 4.39 Å². The maximum atomic E-state index is 13.0. The third kappa shape index (κ3) is 1.91. The van der Waals surface area contributed by atoms with Gasteiger partial charge in [0.05, 0.1) is 5.69 Å². The summed E-state index contributed by atoms with van der Waals surface area (Å²) in [5, 5.41) is 4.25. The topological polar surface area (TPSA) is 43.8 Å². The summed E-state index contributed by atoms with van der Waals surface area (Å²) in [6, 6.07) is 9.05. The van der Waals surface area contributed by atoms with Crippen LogP contribution in [0.15, 0.2) is 30.3 Å². The van der Waals surface area contributed by atoms with Gasteiger partial charge in [0.2, 0.25) is 0 Å². The summed E-state index contributed by atoms with van der Waals surface area (Å²) in [4.78, 5) is 0. The second kappa shape index (κ2) is 3.96. The van der Waals surface area contributed by atoms with Gasteiger partial charge in [0.25, 0.3) is 0 Å². The number of anilines is 1. The van der Waals surface area contributed by atoms with E-state index in [1.54, 1.807) is 29.9 Å². The van der Waals surface area contributed by atoms with Crippen LogP contribution >= 0.6 is 0 Å². The van der Waals surface area contributed by atoms with Gasteiger partial charge >= 0.3 is 0 Å². The molecule has 0 spiro atoms. The van der Waals surface area contributed by atoms with Crippen LogP contribution < -0.4 is 5.73 Å². The van der Waals surface area contributed by atoms with Gasteiger partial charge in [-0.05, 0) is 12.5 Å². The molecule has 0 saturated carbocycles. The lowest BCUT2D eigenvalue weighted by Crippen LogP contribution is -1.96. The molecule has 1 unspecified atom stereocenters. The van der Waals surface area contributed by atoms with Crippen LogP contribution in [0.3, 0.4) is 0 Å². The van der Waals surface area contributed by atoms with Crippen molar-refractivity contribution in [1.29, 1.82) is 0 Å². The highest BCUT2D eigenvalue weighted by Crippen LogP contribution is 2.23. The summed E-state index contributed by atoms with van der Waals surface area (Å²) >= 11 is 0. The van der Waals surface area contributed by atoms with Crippen molar-refractivity contribution in [3.05, 3.63) is 35.9 Å². The van der Waals surface area contributed by atoms with Gasteiger partial charge in [-0.3, -0.25) is 4.68 Å². The Balaban J connectivity index is 2.34. The van der Waals surface area contributed by atoms with Gasteiger partial charge in [0, 0.05) is 18.7 Å². The van der Waals surface area contributed by atoms with E-state index >= 15 is 0 Å². The van der Waals surface area contributed by atoms with Gasteiger partial charge < -0.3 is 5.73 Å².